The molecule has 4 saturated carbocycles. The van der Waals surface area contributed by atoms with E-state index >= 15 is 0 Å². The fraction of sp³-hybridized carbons (Fsp3) is 0.407. The predicted molar refractivity (Wildman–Crippen MR) is 123 cm³/mol. The Bertz CT molecular complexity index is 1130. The molecular formula is C27H26N2O5. The van der Waals surface area contributed by atoms with Gasteiger partial charge in [0, 0.05) is 5.54 Å². The lowest BCUT2D eigenvalue weighted by Gasteiger charge is -2.56. The molecular weight excluding hydrogens is 432 g/mol. The molecule has 0 atom stereocenters. The maximum atomic E-state index is 12.6. The fourth-order valence-electron chi connectivity index (χ4n) is 6.98. The number of fused-ring (bicyclic) bond motifs is 1. The number of carbonyl (C=O) groups excluding carboxylic acids is 4. The third kappa shape index (κ3) is 3.50. The lowest BCUT2D eigenvalue weighted by atomic mass is 9.53. The second-order valence-electron chi connectivity index (χ2n) is 10.4. The van der Waals surface area contributed by atoms with Gasteiger partial charge in [-0.2, -0.15) is 0 Å². The van der Waals surface area contributed by atoms with E-state index in [1.807, 2.05) is 0 Å². The molecule has 0 saturated heterocycles. The molecule has 0 radical (unpaired) electrons. The van der Waals surface area contributed by atoms with Gasteiger partial charge in [-0.25, -0.2) is 9.69 Å². The third-order valence-corrected chi connectivity index (χ3v) is 7.93. The van der Waals surface area contributed by atoms with Gasteiger partial charge in [0.1, 0.15) is 0 Å². The molecule has 7 nitrogen and oxygen atoms in total. The first-order valence-corrected chi connectivity index (χ1v) is 12.0. The van der Waals surface area contributed by atoms with Crippen LogP contribution in [0.1, 0.15) is 69.6 Å². The van der Waals surface area contributed by atoms with Crippen molar-refractivity contribution in [1.29, 1.82) is 0 Å². The molecule has 0 aromatic heterocycles. The van der Waals surface area contributed by atoms with Crippen molar-refractivity contribution in [2.75, 3.05) is 11.5 Å². The molecule has 7 rings (SSSR count). The summed E-state index contributed by atoms with van der Waals surface area (Å²) in [6.45, 7) is -0.319. The smallest absolute Gasteiger partial charge is 0.338 e. The Kier molecular flexibility index (Phi) is 4.83. The normalized spacial score (nSPS) is 28.7. The highest BCUT2D eigenvalue weighted by molar-refractivity contribution is 6.34. The molecule has 1 aliphatic heterocycles. The molecule has 4 aliphatic carbocycles. The summed E-state index contributed by atoms with van der Waals surface area (Å²) in [5.41, 5.74) is 1.24. The molecule has 2 aromatic rings. The summed E-state index contributed by atoms with van der Waals surface area (Å²) in [5.74, 6) is 0.501. The van der Waals surface area contributed by atoms with E-state index in [1.54, 1.807) is 24.3 Å². The van der Waals surface area contributed by atoms with Gasteiger partial charge in [-0.15, -0.1) is 0 Å². The number of amides is 3. The number of ether oxygens (including phenoxy) is 1. The zero-order valence-corrected chi connectivity index (χ0v) is 18.8. The third-order valence-electron chi connectivity index (χ3n) is 7.93. The number of nitrogens with zero attached hydrogens (tertiary/aromatic N) is 1. The predicted octanol–water partition coefficient (Wildman–Crippen LogP) is 3.73. The molecule has 0 unspecified atom stereocenters. The van der Waals surface area contributed by atoms with E-state index < -0.39 is 17.8 Å². The number of esters is 1. The van der Waals surface area contributed by atoms with Crippen LogP contribution in [0.5, 0.6) is 0 Å². The summed E-state index contributed by atoms with van der Waals surface area (Å²) >= 11 is 0. The summed E-state index contributed by atoms with van der Waals surface area (Å²) in [4.78, 5) is 51.5. The van der Waals surface area contributed by atoms with Crippen molar-refractivity contribution >= 4 is 29.4 Å². The van der Waals surface area contributed by atoms with E-state index in [2.05, 4.69) is 5.32 Å². The van der Waals surface area contributed by atoms with E-state index in [4.69, 9.17) is 4.74 Å². The molecule has 34 heavy (non-hydrogen) atoms. The fourth-order valence-corrected chi connectivity index (χ4v) is 6.98. The Labute approximate surface area is 197 Å². The minimum Gasteiger partial charge on any atom is -0.452 e. The monoisotopic (exact) mass is 458 g/mol. The van der Waals surface area contributed by atoms with Crippen molar-refractivity contribution < 1.29 is 23.9 Å². The van der Waals surface area contributed by atoms with E-state index in [0.29, 0.717) is 16.8 Å². The van der Waals surface area contributed by atoms with Gasteiger partial charge in [0.05, 0.1) is 22.4 Å². The molecule has 1 N–H and O–H groups in total. The van der Waals surface area contributed by atoms with Crippen molar-refractivity contribution in [3.8, 4) is 0 Å². The van der Waals surface area contributed by atoms with Crippen molar-refractivity contribution in [2.24, 2.45) is 17.8 Å². The first-order chi connectivity index (χ1) is 16.4. The number of imide groups is 1. The van der Waals surface area contributed by atoms with Gasteiger partial charge in [0.25, 0.3) is 17.7 Å². The Hall–Kier alpha value is -3.48. The number of hydrogen-bond donors (Lipinski definition) is 1. The number of benzene rings is 2. The Morgan fingerprint density at radius 2 is 1.38 bits per heavy atom. The zero-order chi connectivity index (χ0) is 23.4. The second kappa shape index (κ2) is 7.79. The van der Waals surface area contributed by atoms with E-state index in [9.17, 15) is 19.2 Å². The minimum atomic E-state index is -0.616. The number of anilines is 1. The SMILES string of the molecule is O=C(COC(=O)c1ccc(N2C(=O)c3ccccc3C2=O)cc1)NC12CC3CC(CC(C3)C1)C2. The number of hydrogen-bond acceptors (Lipinski definition) is 5. The van der Waals surface area contributed by atoms with E-state index in [0.717, 1.165) is 41.9 Å². The van der Waals surface area contributed by atoms with E-state index in [-0.39, 0.29) is 23.6 Å². The summed E-state index contributed by atoms with van der Waals surface area (Å²) in [7, 11) is 0. The van der Waals surface area contributed by atoms with Crippen LogP contribution in [0.2, 0.25) is 0 Å². The van der Waals surface area contributed by atoms with Crippen LogP contribution in [0, 0.1) is 17.8 Å². The first kappa shape index (κ1) is 21.1. The van der Waals surface area contributed by atoms with Crippen molar-refractivity contribution in [3.63, 3.8) is 0 Å². The Morgan fingerprint density at radius 3 is 1.91 bits per heavy atom. The molecule has 5 aliphatic rings. The molecule has 7 heteroatoms. The van der Waals surface area contributed by atoms with Gasteiger partial charge in [0.15, 0.2) is 6.61 Å². The average Bonchev–Trinajstić information content (AvgIpc) is 3.06. The Morgan fingerprint density at radius 1 is 0.853 bits per heavy atom. The van der Waals surface area contributed by atoms with Gasteiger partial charge < -0.3 is 10.1 Å². The molecule has 2 aromatic carbocycles. The molecule has 3 amide bonds. The van der Waals surface area contributed by atoms with Crippen LogP contribution in [0.4, 0.5) is 5.69 Å². The van der Waals surface area contributed by atoms with Gasteiger partial charge in [0.2, 0.25) is 0 Å². The lowest BCUT2D eigenvalue weighted by Crippen LogP contribution is -2.60. The Balaban J connectivity index is 1.07. The quantitative estimate of drug-likeness (QED) is 0.544. The van der Waals surface area contributed by atoms with Crippen molar-refractivity contribution in [2.45, 2.75) is 44.1 Å². The maximum absolute atomic E-state index is 12.6. The number of carbonyl (C=O) groups is 4. The highest BCUT2D eigenvalue weighted by Gasteiger charge is 2.51. The number of rotatable bonds is 5. The van der Waals surface area contributed by atoms with Crippen LogP contribution in [0.25, 0.3) is 0 Å². The summed E-state index contributed by atoms with van der Waals surface area (Å²) < 4.78 is 5.26. The zero-order valence-electron chi connectivity index (χ0n) is 18.8. The highest BCUT2D eigenvalue weighted by atomic mass is 16.5. The largest absolute Gasteiger partial charge is 0.452 e. The summed E-state index contributed by atoms with van der Waals surface area (Å²) in [5, 5.41) is 3.20. The van der Waals surface area contributed by atoms with Crippen LogP contribution in [0.15, 0.2) is 48.5 Å². The van der Waals surface area contributed by atoms with Crippen LogP contribution < -0.4 is 10.2 Å². The summed E-state index contributed by atoms with van der Waals surface area (Å²) in [6.07, 6.45) is 7.00. The van der Waals surface area contributed by atoms with Crippen LogP contribution >= 0.6 is 0 Å². The topological polar surface area (TPSA) is 92.8 Å². The van der Waals surface area contributed by atoms with Gasteiger partial charge in [-0.05, 0) is 92.7 Å². The van der Waals surface area contributed by atoms with Crippen LogP contribution in [-0.2, 0) is 9.53 Å². The number of nitrogens with one attached hydrogen (secondary N) is 1. The molecule has 4 bridgehead atoms. The maximum Gasteiger partial charge on any atom is 0.338 e. The highest BCUT2D eigenvalue weighted by Crippen LogP contribution is 2.55. The minimum absolute atomic E-state index is 0.119. The molecule has 1 heterocycles. The second-order valence-corrected chi connectivity index (χ2v) is 10.4. The average molecular weight is 459 g/mol. The van der Waals surface area contributed by atoms with Gasteiger partial charge >= 0.3 is 5.97 Å². The molecule has 0 spiro atoms. The molecule has 174 valence electrons. The van der Waals surface area contributed by atoms with Crippen LogP contribution in [-0.4, -0.2) is 35.8 Å². The first-order valence-electron chi connectivity index (χ1n) is 12.0. The van der Waals surface area contributed by atoms with Crippen LogP contribution in [0.3, 0.4) is 0 Å². The van der Waals surface area contributed by atoms with Gasteiger partial charge in [-0.1, -0.05) is 12.1 Å². The van der Waals surface area contributed by atoms with Gasteiger partial charge in [-0.3, -0.25) is 14.4 Å². The summed E-state index contributed by atoms with van der Waals surface area (Å²) in [6, 6.07) is 12.7. The standard InChI is InChI=1S/C27H26N2O5/c30-23(28-27-12-16-9-17(13-27)11-18(10-16)14-27)15-34-26(33)19-5-7-20(8-6-19)29-24(31)21-3-1-2-4-22(21)25(29)32/h1-8,16-18H,9-15H2,(H,28,30). The molecule has 4 fully saturated rings. The lowest BCUT2D eigenvalue weighted by molar-refractivity contribution is -0.130. The van der Waals surface area contributed by atoms with E-state index in [1.165, 1.54) is 43.5 Å². The van der Waals surface area contributed by atoms with Crippen molar-refractivity contribution in [3.05, 3.63) is 65.2 Å². The van der Waals surface area contributed by atoms with Crippen molar-refractivity contribution in [1.82, 2.24) is 5.32 Å².